The summed E-state index contributed by atoms with van der Waals surface area (Å²) in [7, 11) is 1.77. The number of fused-ring (bicyclic) bond motifs is 1. The first kappa shape index (κ1) is 11.6. The van der Waals surface area contributed by atoms with Crippen molar-refractivity contribution < 1.29 is 4.74 Å². The largest absolute Gasteiger partial charge is 0.381 e. The molecule has 1 heterocycles. The fourth-order valence-corrected chi connectivity index (χ4v) is 2.25. The highest BCUT2D eigenvalue weighted by molar-refractivity contribution is 5.73. The second kappa shape index (κ2) is 5.00. The van der Waals surface area contributed by atoms with Gasteiger partial charge >= 0.3 is 0 Å². The lowest BCUT2D eigenvalue weighted by Crippen LogP contribution is -2.44. The molecule has 1 aliphatic rings. The first-order valence-electron chi connectivity index (χ1n) is 6.32. The number of nitrogens with one attached hydrogen (secondary N) is 1. The maximum absolute atomic E-state index is 5.26. The van der Waals surface area contributed by atoms with Crippen molar-refractivity contribution in [2.45, 2.75) is 31.5 Å². The highest BCUT2D eigenvalue weighted by Gasteiger charge is 2.28. The van der Waals surface area contributed by atoms with E-state index in [0.717, 1.165) is 36.1 Å². The van der Waals surface area contributed by atoms with E-state index in [9.17, 15) is 0 Å². The number of ether oxygens (including phenoxy) is 1. The van der Waals surface area contributed by atoms with Gasteiger partial charge in [-0.05, 0) is 25.0 Å². The Balaban J connectivity index is 1.61. The normalized spacial score (nSPS) is 22.9. The lowest BCUT2D eigenvalue weighted by Gasteiger charge is -2.34. The summed E-state index contributed by atoms with van der Waals surface area (Å²) in [6.45, 7) is 0.777. The molecular formula is C14H17N3O. The minimum Gasteiger partial charge on any atom is -0.381 e. The first-order valence-corrected chi connectivity index (χ1v) is 6.32. The van der Waals surface area contributed by atoms with E-state index in [1.165, 1.54) is 0 Å². The molecule has 1 saturated carbocycles. The van der Waals surface area contributed by atoms with Gasteiger partial charge in [0.05, 0.1) is 29.0 Å². The maximum Gasteiger partial charge on any atom is 0.0890 e. The molecule has 4 heteroatoms. The van der Waals surface area contributed by atoms with Crippen LogP contribution in [0.5, 0.6) is 0 Å². The van der Waals surface area contributed by atoms with E-state index < -0.39 is 0 Å². The van der Waals surface area contributed by atoms with Crippen LogP contribution in [0.4, 0.5) is 0 Å². The molecule has 1 fully saturated rings. The lowest BCUT2D eigenvalue weighted by molar-refractivity contribution is 0.0169. The Morgan fingerprint density at radius 3 is 2.83 bits per heavy atom. The molecule has 0 unspecified atom stereocenters. The van der Waals surface area contributed by atoms with E-state index in [4.69, 9.17) is 4.74 Å². The number of para-hydroxylation sites is 2. The maximum atomic E-state index is 5.26. The molecule has 0 saturated heterocycles. The van der Waals surface area contributed by atoms with Crippen LogP contribution in [0.25, 0.3) is 11.0 Å². The number of hydrogen-bond donors (Lipinski definition) is 1. The molecule has 1 aromatic heterocycles. The Hall–Kier alpha value is -1.52. The quantitative estimate of drug-likeness (QED) is 0.891. The van der Waals surface area contributed by atoms with Crippen molar-refractivity contribution in [2.24, 2.45) is 0 Å². The smallest absolute Gasteiger partial charge is 0.0890 e. The van der Waals surface area contributed by atoms with Crippen LogP contribution in [-0.2, 0) is 11.3 Å². The summed E-state index contributed by atoms with van der Waals surface area (Å²) in [5.74, 6) is 0. The number of hydrogen-bond acceptors (Lipinski definition) is 4. The molecule has 0 aliphatic heterocycles. The van der Waals surface area contributed by atoms with Gasteiger partial charge in [-0.2, -0.15) is 0 Å². The van der Waals surface area contributed by atoms with Gasteiger partial charge < -0.3 is 10.1 Å². The summed E-state index contributed by atoms with van der Waals surface area (Å²) in [6, 6.07) is 8.51. The van der Waals surface area contributed by atoms with Crippen molar-refractivity contribution in [3.8, 4) is 0 Å². The predicted octanol–water partition coefficient (Wildman–Crippen LogP) is 1.90. The number of benzene rings is 1. The van der Waals surface area contributed by atoms with E-state index in [2.05, 4.69) is 15.3 Å². The van der Waals surface area contributed by atoms with Crippen LogP contribution < -0.4 is 5.32 Å². The zero-order chi connectivity index (χ0) is 12.4. The van der Waals surface area contributed by atoms with Crippen LogP contribution in [0, 0.1) is 0 Å². The fraction of sp³-hybridized carbons (Fsp3) is 0.429. The minimum absolute atomic E-state index is 0.435. The summed E-state index contributed by atoms with van der Waals surface area (Å²) >= 11 is 0. The third-order valence-electron chi connectivity index (χ3n) is 3.50. The predicted molar refractivity (Wildman–Crippen MR) is 70.2 cm³/mol. The number of nitrogens with zero attached hydrogens (tertiary/aromatic N) is 2. The van der Waals surface area contributed by atoms with Crippen LogP contribution in [0.1, 0.15) is 18.5 Å². The second-order valence-electron chi connectivity index (χ2n) is 4.76. The Kier molecular flexibility index (Phi) is 3.21. The van der Waals surface area contributed by atoms with Crippen LogP contribution in [0.2, 0.25) is 0 Å². The number of rotatable bonds is 4. The van der Waals surface area contributed by atoms with Gasteiger partial charge in [0, 0.05) is 19.7 Å². The molecule has 1 N–H and O–H groups in total. The molecule has 94 valence electrons. The molecule has 0 radical (unpaired) electrons. The molecule has 3 rings (SSSR count). The van der Waals surface area contributed by atoms with E-state index in [-0.39, 0.29) is 0 Å². The highest BCUT2D eigenvalue weighted by Crippen LogP contribution is 2.22. The van der Waals surface area contributed by atoms with Gasteiger partial charge in [0.1, 0.15) is 0 Å². The Morgan fingerprint density at radius 2 is 2.06 bits per heavy atom. The summed E-state index contributed by atoms with van der Waals surface area (Å²) < 4.78 is 5.26. The molecule has 0 spiro atoms. The van der Waals surface area contributed by atoms with Gasteiger partial charge in [-0.15, -0.1) is 0 Å². The summed E-state index contributed by atoms with van der Waals surface area (Å²) in [6.07, 6.45) is 4.47. The van der Waals surface area contributed by atoms with Gasteiger partial charge in [-0.3, -0.25) is 4.98 Å². The summed E-state index contributed by atoms with van der Waals surface area (Å²) in [4.78, 5) is 9.00. The van der Waals surface area contributed by atoms with Crippen molar-refractivity contribution in [2.75, 3.05) is 7.11 Å². The van der Waals surface area contributed by atoms with Gasteiger partial charge in [0.25, 0.3) is 0 Å². The van der Waals surface area contributed by atoms with Gasteiger partial charge in [0.2, 0.25) is 0 Å². The minimum atomic E-state index is 0.435. The van der Waals surface area contributed by atoms with E-state index >= 15 is 0 Å². The van der Waals surface area contributed by atoms with Crippen molar-refractivity contribution in [3.05, 3.63) is 36.2 Å². The average Bonchev–Trinajstić information content (AvgIpc) is 2.37. The molecule has 0 amide bonds. The van der Waals surface area contributed by atoms with E-state index in [1.54, 1.807) is 7.11 Å². The van der Waals surface area contributed by atoms with Crippen LogP contribution in [0.3, 0.4) is 0 Å². The second-order valence-corrected chi connectivity index (χ2v) is 4.76. The van der Waals surface area contributed by atoms with Crippen molar-refractivity contribution in [3.63, 3.8) is 0 Å². The molecule has 4 nitrogen and oxygen atoms in total. The Bertz CT molecular complexity index is 537. The number of methoxy groups -OCH3 is 1. The van der Waals surface area contributed by atoms with Crippen molar-refractivity contribution >= 4 is 11.0 Å². The summed E-state index contributed by atoms with van der Waals surface area (Å²) in [5, 5.41) is 3.48. The Morgan fingerprint density at radius 1 is 1.28 bits per heavy atom. The van der Waals surface area contributed by atoms with Crippen LogP contribution in [-0.4, -0.2) is 29.2 Å². The van der Waals surface area contributed by atoms with Crippen LogP contribution >= 0.6 is 0 Å². The number of aromatic nitrogens is 2. The molecule has 0 bridgehead atoms. The molecule has 1 aromatic carbocycles. The van der Waals surface area contributed by atoms with E-state index in [1.807, 2.05) is 30.5 Å². The van der Waals surface area contributed by atoms with Crippen molar-refractivity contribution in [1.29, 1.82) is 0 Å². The fourth-order valence-electron chi connectivity index (χ4n) is 2.25. The standard InChI is InChI=1S/C14H17N3O/c1-18-12-6-10(7-12)15-8-11-9-16-13-4-2-3-5-14(13)17-11/h2-5,9-10,12,15H,6-8H2,1H3. The van der Waals surface area contributed by atoms with E-state index in [0.29, 0.717) is 12.1 Å². The van der Waals surface area contributed by atoms with Gasteiger partial charge in [-0.1, -0.05) is 12.1 Å². The monoisotopic (exact) mass is 243 g/mol. The summed E-state index contributed by atoms with van der Waals surface area (Å²) in [5.41, 5.74) is 2.90. The third kappa shape index (κ3) is 2.35. The van der Waals surface area contributed by atoms with Gasteiger partial charge in [0.15, 0.2) is 0 Å². The van der Waals surface area contributed by atoms with Crippen LogP contribution in [0.15, 0.2) is 30.5 Å². The lowest BCUT2D eigenvalue weighted by atomic mass is 9.89. The molecule has 2 aromatic rings. The zero-order valence-corrected chi connectivity index (χ0v) is 10.5. The molecule has 1 aliphatic carbocycles. The zero-order valence-electron chi connectivity index (χ0n) is 10.5. The van der Waals surface area contributed by atoms with Crippen molar-refractivity contribution in [1.82, 2.24) is 15.3 Å². The topological polar surface area (TPSA) is 47.0 Å². The van der Waals surface area contributed by atoms with Gasteiger partial charge in [-0.25, -0.2) is 4.98 Å². The molecule has 0 atom stereocenters. The first-order chi connectivity index (χ1) is 8.85. The Labute approximate surface area is 106 Å². The third-order valence-corrected chi connectivity index (χ3v) is 3.50. The molecular weight excluding hydrogens is 226 g/mol. The average molecular weight is 243 g/mol. The highest BCUT2D eigenvalue weighted by atomic mass is 16.5. The molecule has 18 heavy (non-hydrogen) atoms. The SMILES string of the molecule is COC1CC(NCc2cnc3ccccc3n2)C1.